The van der Waals surface area contributed by atoms with Gasteiger partial charge in [-0.05, 0) is 18.2 Å². The third-order valence-electron chi connectivity index (χ3n) is 2.89. The predicted octanol–water partition coefficient (Wildman–Crippen LogP) is 1.86. The number of carbonyl (C=O) groups excluding carboxylic acids is 2. The van der Waals surface area contributed by atoms with Crippen LogP contribution in [0.5, 0.6) is 11.5 Å². The van der Waals surface area contributed by atoms with E-state index in [2.05, 4.69) is 4.74 Å². The van der Waals surface area contributed by atoms with Crippen molar-refractivity contribution in [3.63, 3.8) is 0 Å². The van der Waals surface area contributed by atoms with Crippen LogP contribution in [-0.4, -0.2) is 37.3 Å². The first-order chi connectivity index (χ1) is 9.56. The minimum absolute atomic E-state index is 0.145. The molecule has 0 saturated heterocycles. The molecule has 1 aromatic carbocycles. The fourth-order valence-corrected chi connectivity index (χ4v) is 1.88. The van der Waals surface area contributed by atoms with Crippen molar-refractivity contribution < 1.29 is 23.8 Å². The molecule has 0 aliphatic heterocycles. The van der Waals surface area contributed by atoms with Crippen molar-refractivity contribution in [1.82, 2.24) is 4.57 Å². The number of methoxy groups -OCH3 is 2. The van der Waals surface area contributed by atoms with Gasteiger partial charge in [0, 0.05) is 12.3 Å². The Hall–Kier alpha value is -2.50. The lowest BCUT2D eigenvalue weighted by molar-refractivity contribution is -0.142. The highest BCUT2D eigenvalue weighted by atomic mass is 16.6. The third kappa shape index (κ3) is 2.59. The van der Waals surface area contributed by atoms with Gasteiger partial charge in [-0.1, -0.05) is 0 Å². The summed E-state index contributed by atoms with van der Waals surface area (Å²) in [7, 11) is 2.84. The Morgan fingerprint density at radius 3 is 2.60 bits per heavy atom. The smallest absolute Gasteiger partial charge is 0.343 e. The van der Waals surface area contributed by atoms with E-state index in [1.54, 1.807) is 31.5 Å². The van der Waals surface area contributed by atoms with Crippen LogP contribution in [-0.2, 0) is 9.53 Å². The number of rotatable bonds is 4. The van der Waals surface area contributed by atoms with Crippen LogP contribution in [0.3, 0.4) is 0 Å². The van der Waals surface area contributed by atoms with Gasteiger partial charge in [0.05, 0.1) is 25.9 Å². The molecule has 0 N–H and O–H groups in total. The number of benzene rings is 1. The molecule has 6 heteroatoms. The summed E-state index contributed by atoms with van der Waals surface area (Å²) < 4.78 is 16.5. The largest absolute Gasteiger partial charge is 0.497 e. The van der Waals surface area contributed by atoms with Gasteiger partial charge in [0.15, 0.2) is 6.61 Å². The van der Waals surface area contributed by atoms with Crippen molar-refractivity contribution in [2.75, 3.05) is 20.8 Å². The number of ether oxygens (including phenoxy) is 3. The molecule has 0 aliphatic carbocycles. The molecule has 2 rings (SSSR count). The summed E-state index contributed by atoms with van der Waals surface area (Å²) in [6.07, 6.45) is 1.55. The lowest BCUT2D eigenvalue weighted by atomic mass is 10.2. The molecule has 1 heterocycles. The van der Waals surface area contributed by atoms with Crippen LogP contribution in [0.2, 0.25) is 0 Å². The highest BCUT2D eigenvalue weighted by Gasteiger charge is 2.14. The maximum atomic E-state index is 11.6. The summed E-state index contributed by atoms with van der Waals surface area (Å²) >= 11 is 0. The van der Waals surface area contributed by atoms with E-state index in [0.717, 1.165) is 0 Å². The molecule has 0 bridgehead atoms. The van der Waals surface area contributed by atoms with E-state index in [4.69, 9.17) is 9.47 Å². The van der Waals surface area contributed by atoms with Gasteiger partial charge >= 0.3 is 5.97 Å². The van der Waals surface area contributed by atoms with Crippen LogP contribution in [0.25, 0.3) is 10.9 Å². The number of nitrogens with zero attached hydrogens (tertiary/aromatic N) is 1. The second-order valence-electron chi connectivity index (χ2n) is 4.13. The quantitative estimate of drug-likeness (QED) is 0.798. The van der Waals surface area contributed by atoms with Gasteiger partial charge < -0.3 is 14.2 Å². The van der Waals surface area contributed by atoms with E-state index in [0.29, 0.717) is 22.4 Å². The Bertz CT molecular complexity index is 659. The Morgan fingerprint density at radius 2 is 2.00 bits per heavy atom. The van der Waals surface area contributed by atoms with E-state index in [1.165, 1.54) is 18.6 Å². The van der Waals surface area contributed by atoms with Crippen molar-refractivity contribution in [2.45, 2.75) is 6.92 Å². The molecule has 0 aliphatic rings. The zero-order chi connectivity index (χ0) is 14.7. The number of carbonyl (C=O) groups is 2. The summed E-state index contributed by atoms with van der Waals surface area (Å²) in [5.74, 6) is 0.436. The number of fused-ring (bicyclic) bond motifs is 1. The maximum absolute atomic E-state index is 11.6. The summed E-state index contributed by atoms with van der Waals surface area (Å²) in [6, 6.07) is 5.27. The summed E-state index contributed by atoms with van der Waals surface area (Å²) in [6.45, 7) is 1.23. The first kappa shape index (κ1) is 13.9. The lowest BCUT2D eigenvalue weighted by Crippen LogP contribution is -2.12. The van der Waals surface area contributed by atoms with Crippen LogP contribution in [0.15, 0.2) is 24.4 Å². The van der Waals surface area contributed by atoms with Crippen LogP contribution in [0.1, 0.15) is 11.7 Å². The fraction of sp³-hybridized carbons (Fsp3) is 0.286. The third-order valence-corrected chi connectivity index (χ3v) is 2.89. The van der Waals surface area contributed by atoms with Crippen molar-refractivity contribution in [2.24, 2.45) is 0 Å². The molecule has 106 valence electrons. The summed E-state index contributed by atoms with van der Waals surface area (Å²) in [4.78, 5) is 22.7. The minimum Gasteiger partial charge on any atom is -0.497 e. The normalized spacial score (nSPS) is 10.3. The lowest BCUT2D eigenvalue weighted by Gasteiger charge is -2.04. The molecule has 0 atom stereocenters. The molecule has 2 aromatic rings. The van der Waals surface area contributed by atoms with Gasteiger partial charge in [-0.2, -0.15) is 0 Å². The van der Waals surface area contributed by atoms with Crippen molar-refractivity contribution in [1.29, 1.82) is 0 Å². The van der Waals surface area contributed by atoms with Gasteiger partial charge in [0.2, 0.25) is 5.91 Å². The van der Waals surface area contributed by atoms with Gasteiger partial charge in [-0.3, -0.25) is 9.36 Å². The summed E-state index contributed by atoms with van der Waals surface area (Å²) in [5.41, 5.74) is 0.693. The second-order valence-corrected chi connectivity index (χ2v) is 4.13. The van der Waals surface area contributed by atoms with Crippen molar-refractivity contribution >= 4 is 22.8 Å². The number of hydrogen-bond acceptors (Lipinski definition) is 5. The topological polar surface area (TPSA) is 66.8 Å². The molecule has 0 saturated carbocycles. The number of hydrogen-bond donors (Lipinski definition) is 0. The first-order valence-corrected chi connectivity index (χ1v) is 5.96. The standard InChI is InChI=1S/C14H15NO5/c1-9(16)15-7-13(20-8-14(17)19-3)11-6-10(18-2)4-5-12(11)15/h4-7H,8H2,1-3H3. The Kier molecular flexibility index (Phi) is 3.93. The zero-order valence-electron chi connectivity index (χ0n) is 11.5. The highest BCUT2D eigenvalue weighted by molar-refractivity contribution is 5.96. The predicted molar refractivity (Wildman–Crippen MR) is 72.3 cm³/mol. The van der Waals surface area contributed by atoms with E-state index in [-0.39, 0.29) is 12.5 Å². The number of esters is 1. The van der Waals surface area contributed by atoms with Crippen molar-refractivity contribution in [3.05, 3.63) is 24.4 Å². The van der Waals surface area contributed by atoms with E-state index < -0.39 is 5.97 Å². The van der Waals surface area contributed by atoms with E-state index in [9.17, 15) is 9.59 Å². The Labute approximate surface area is 115 Å². The minimum atomic E-state index is -0.489. The first-order valence-electron chi connectivity index (χ1n) is 5.96. The molecule has 0 fully saturated rings. The molecule has 20 heavy (non-hydrogen) atoms. The second kappa shape index (κ2) is 5.64. The molecule has 0 unspecified atom stereocenters. The van der Waals surface area contributed by atoms with Gasteiger partial charge in [0.1, 0.15) is 11.5 Å². The molecule has 6 nitrogen and oxygen atoms in total. The number of aromatic nitrogens is 1. The molecular weight excluding hydrogens is 262 g/mol. The maximum Gasteiger partial charge on any atom is 0.343 e. The molecular formula is C14H15NO5. The van der Waals surface area contributed by atoms with Crippen LogP contribution in [0, 0.1) is 0 Å². The van der Waals surface area contributed by atoms with Gasteiger partial charge in [0.25, 0.3) is 0 Å². The van der Waals surface area contributed by atoms with Crippen molar-refractivity contribution in [3.8, 4) is 11.5 Å². The average molecular weight is 277 g/mol. The zero-order valence-corrected chi connectivity index (χ0v) is 11.5. The Balaban J connectivity index is 2.46. The summed E-state index contributed by atoms with van der Waals surface area (Å²) in [5, 5.41) is 0.698. The van der Waals surface area contributed by atoms with Crippen LogP contribution >= 0.6 is 0 Å². The van der Waals surface area contributed by atoms with Crippen LogP contribution < -0.4 is 9.47 Å². The van der Waals surface area contributed by atoms with E-state index in [1.807, 2.05) is 0 Å². The monoisotopic (exact) mass is 277 g/mol. The molecule has 0 amide bonds. The highest BCUT2D eigenvalue weighted by Crippen LogP contribution is 2.31. The van der Waals surface area contributed by atoms with Crippen LogP contribution in [0.4, 0.5) is 0 Å². The average Bonchev–Trinajstić information content (AvgIpc) is 2.82. The molecule has 0 spiro atoms. The molecule has 1 aromatic heterocycles. The van der Waals surface area contributed by atoms with Gasteiger partial charge in [-0.25, -0.2) is 4.79 Å². The SMILES string of the molecule is COC(=O)COc1cn(C(C)=O)c2ccc(OC)cc12. The molecule has 0 radical (unpaired) electrons. The fourth-order valence-electron chi connectivity index (χ4n) is 1.88. The van der Waals surface area contributed by atoms with Gasteiger partial charge in [-0.15, -0.1) is 0 Å². The Morgan fingerprint density at radius 1 is 1.25 bits per heavy atom. The van der Waals surface area contributed by atoms with E-state index >= 15 is 0 Å².